The summed E-state index contributed by atoms with van der Waals surface area (Å²) in [5.41, 5.74) is 2.05. The fourth-order valence-corrected chi connectivity index (χ4v) is 5.96. The predicted octanol–water partition coefficient (Wildman–Crippen LogP) is -15.8. The summed E-state index contributed by atoms with van der Waals surface area (Å²) in [5.74, 6) is -5.21. The van der Waals surface area contributed by atoms with E-state index in [1.165, 1.54) is 21.6 Å². The molecule has 0 saturated heterocycles. The Kier molecular flexibility index (Phi) is 31.8. The zero-order chi connectivity index (χ0) is 33.4. The van der Waals surface area contributed by atoms with Crippen molar-refractivity contribution in [2.45, 2.75) is 25.9 Å². The Morgan fingerprint density at radius 2 is 1.02 bits per heavy atom. The van der Waals surface area contributed by atoms with Gasteiger partial charge >= 0.3 is 118 Å². The summed E-state index contributed by atoms with van der Waals surface area (Å²) in [6, 6.07) is 9.79. The van der Waals surface area contributed by atoms with Crippen LogP contribution in [0.3, 0.4) is 0 Å². The van der Waals surface area contributed by atoms with E-state index < -0.39 is 50.1 Å². The van der Waals surface area contributed by atoms with E-state index in [9.17, 15) is 49.2 Å². The van der Waals surface area contributed by atoms with Gasteiger partial charge in [0.25, 0.3) is 0 Å². The number of carbonyl (C=O) groups is 6. The Balaban J connectivity index is -0.00000529. The van der Waals surface area contributed by atoms with Crippen LogP contribution in [-0.4, -0.2) is 95.2 Å². The molecule has 0 atom stereocenters. The Hall–Kier alpha value is -0.190. The molecule has 0 aliphatic rings. The zero-order valence-electron chi connectivity index (χ0n) is 28.3. The summed E-state index contributed by atoms with van der Waals surface area (Å²) in [5, 5.41) is 50.0. The standard InChI is InChI=1S/C28H35N5O10S2.4Na/c1-29-23(34)6-8-44-45-9-7-24(35)31-20-4-2-18(3-5-20)19-10-21(12-32(14-25(36)37)15-26(38)39)30-22(11-19)13-33(16-27(40)41)17-28(42)43;;;;/h2-5,10-11H,6-9,12-17H2,1H3,(H,29,34)(H,31,35)(H,36,37)(H,38,39)(H,40,41)(H,42,43);;;;/q;4*+1/p-4. The van der Waals surface area contributed by atoms with Crippen molar-refractivity contribution in [2.24, 2.45) is 0 Å². The number of rotatable bonds is 21. The average Bonchev–Trinajstić information content (AvgIpc) is 2.93. The molecule has 1 aromatic carbocycles. The Morgan fingerprint density at radius 1 is 0.633 bits per heavy atom. The number of carbonyl (C=O) groups excluding carboxylic acids is 6. The maximum atomic E-state index is 12.4. The molecule has 0 saturated carbocycles. The number of anilines is 1. The molecular formula is C28H31N5Na4O10S2. The number of hydrogen-bond donors (Lipinski definition) is 2. The van der Waals surface area contributed by atoms with E-state index in [4.69, 9.17) is 0 Å². The largest absolute Gasteiger partial charge is 1.00 e. The number of pyridine rings is 1. The van der Waals surface area contributed by atoms with Gasteiger partial charge in [0.2, 0.25) is 11.8 Å². The third kappa shape index (κ3) is 23.9. The molecule has 2 N–H and O–H groups in total. The Morgan fingerprint density at radius 3 is 1.39 bits per heavy atom. The summed E-state index contributed by atoms with van der Waals surface area (Å²) < 4.78 is 0. The molecule has 0 bridgehead atoms. The quantitative estimate of drug-likeness (QED) is 0.0684. The van der Waals surface area contributed by atoms with E-state index in [0.29, 0.717) is 34.7 Å². The van der Waals surface area contributed by atoms with Gasteiger partial charge < -0.3 is 50.2 Å². The van der Waals surface area contributed by atoms with Crippen LogP contribution >= 0.6 is 21.6 Å². The van der Waals surface area contributed by atoms with Gasteiger partial charge in [-0.1, -0.05) is 33.7 Å². The van der Waals surface area contributed by atoms with Crippen LogP contribution in [-0.2, 0) is 41.9 Å². The molecule has 0 radical (unpaired) electrons. The van der Waals surface area contributed by atoms with Crippen LogP contribution in [0.5, 0.6) is 0 Å². The van der Waals surface area contributed by atoms with Gasteiger partial charge in [0.1, 0.15) is 0 Å². The first-order chi connectivity index (χ1) is 21.3. The van der Waals surface area contributed by atoms with Gasteiger partial charge in [-0.15, -0.1) is 0 Å². The first-order valence-corrected chi connectivity index (χ1v) is 15.9. The first-order valence-electron chi connectivity index (χ1n) is 13.4. The van der Waals surface area contributed by atoms with Gasteiger partial charge in [-0.3, -0.25) is 24.4 Å². The molecule has 21 heteroatoms. The zero-order valence-corrected chi connectivity index (χ0v) is 37.9. The SMILES string of the molecule is CNC(=O)CCSSCCC(=O)Nc1ccc(-c2cc(CN(CC(=O)[O-])CC(=O)[O-])nc(CN(CC(=O)[O-])CC(=O)[O-])c2)cc1.[Na+].[Na+].[Na+].[Na+]. The van der Waals surface area contributed by atoms with E-state index in [-0.39, 0.29) is 161 Å². The van der Waals surface area contributed by atoms with Crippen molar-refractivity contribution >= 4 is 63.0 Å². The number of amides is 2. The van der Waals surface area contributed by atoms with E-state index in [1.807, 2.05) is 0 Å². The number of aromatic nitrogens is 1. The van der Waals surface area contributed by atoms with E-state index in [2.05, 4.69) is 15.6 Å². The molecule has 2 rings (SSSR count). The molecular weight excluding hydrogens is 722 g/mol. The Labute approximate surface area is 380 Å². The summed E-state index contributed by atoms with van der Waals surface area (Å²) in [6.07, 6.45) is 0.641. The van der Waals surface area contributed by atoms with Crippen LogP contribution in [0.4, 0.5) is 5.69 Å². The average molecular weight is 754 g/mol. The van der Waals surface area contributed by atoms with Crippen molar-refractivity contribution in [1.82, 2.24) is 20.1 Å². The van der Waals surface area contributed by atoms with Crippen LogP contribution in [0.25, 0.3) is 11.1 Å². The van der Waals surface area contributed by atoms with Crippen molar-refractivity contribution in [3.05, 3.63) is 47.8 Å². The summed E-state index contributed by atoms with van der Waals surface area (Å²) in [6.45, 7) is -3.48. The monoisotopic (exact) mass is 753 g/mol. The number of nitrogens with zero attached hydrogens (tertiary/aromatic N) is 3. The summed E-state index contributed by atoms with van der Waals surface area (Å²) >= 11 is 0. The van der Waals surface area contributed by atoms with Crippen molar-refractivity contribution in [2.75, 3.05) is 50.0 Å². The van der Waals surface area contributed by atoms with Gasteiger partial charge in [-0.2, -0.15) is 0 Å². The van der Waals surface area contributed by atoms with E-state index in [1.54, 1.807) is 43.4 Å². The fraction of sp³-hybridized carbons (Fsp3) is 0.393. The summed E-state index contributed by atoms with van der Waals surface area (Å²) in [4.78, 5) is 74.7. The minimum Gasteiger partial charge on any atom is -0.549 e. The second-order valence-corrected chi connectivity index (χ2v) is 12.3. The van der Waals surface area contributed by atoms with Gasteiger partial charge in [0.05, 0.1) is 35.3 Å². The number of carboxylic acids is 4. The topological polar surface area (TPSA) is 238 Å². The van der Waals surface area contributed by atoms with Crippen molar-refractivity contribution in [1.29, 1.82) is 0 Å². The number of aliphatic carboxylic acids is 4. The van der Waals surface area contributed by atoms with Crippen molar-refractivity contribution < 1.29 is 167 Å². The minimum absolute atomic E-state index is 0. The van der Waals surface area contributed by atoms with Gasteiger partial charge in [-0.25, -0.2) is 0 Å². The Bertz CT molecular complexity index is 1290. The van der Waals surface area contributed by atoms with Crippen LogP contribution in [0, 0.1) is 0 Å². The van der Waals surface area contributed by atoms with Crippen molar-refractivity contribution in [3.8, 4) is 11.1 Å². The molecule has 2 aromatic rings. The molecule has 0 aliphatic heterocycles. The molecule has 0 unspecified atom stereocenters. The molecule has 2 amide bonds. The minimum atomic E-state index is -1.53. The first kappa shape index (κ1) is 53.2. The third-order valence-corrected chi connectivity index (χ3v) is 8.21. The third-order valence-electron chi connectivity index (χ3n) is 5.80. The van der Waals surface area contributed by atoms with E-state index in [0.717, 1.165) is 9.80 Å². The fourth-order valence-electron chi connectivity index (χ4n) is 3.98. The maximum absolute atomic E-state index is 12.4. The molecule has 244 valence electrons. The molecule has 49 heavy (non-hydrogen) atoms. The second kappa shape index (κ2) is 29.3. The smallest absolute Gasteiger partial charge is 0.549 e. The molecule has 1 aromatic heterocycles. The molecule has 15 nitrogen and oxygen atoms in total. The molecule has 0 fully saturated rings. The molecule has 1 heterocycles. The second-order valence-electron chi connectivity index (χ2n) is 9.56. The van der Waals surface area contributed by atoms with Crippen LogP contribution in [0.15, 0.2) is 36.4 Å². The molecule has 0 aliphatic carbocycles. The van der Waals surface area contributed by atoms with Gasteiger partial charge in [-0.05, 0) is 35.4 Å². The van der Waals surface area contributed by atoms with Gasteiger partial charge in [0.15, 0.2) is 0 Å². The summed E-state index contributed by atoms with van der Waals surface area (Å²) in [7, 11) is 4.56. The maximum Gasteiger partial charge on any atom is 1.00 e. The van der Waals surface area contributed by atoms with E-state index >= 15 is 0 Å². The number of nitrogens with one attached hydrogen (secondary N) is 2. The van der Waals surface area contributed by atoms with Crippen molar-refractivity contribution in [3.63, 3.8) is 0 Å². The number of benzene rings is 1. The normalized spacial score (nSPS) is 10.0. The predicted molar refractivity (Wildman–Crippen MR) is 157 cm³/mol. The van der Waals surface area contributed by atoms with Crippen LogP contribution in [0.2, 0.25) is 0 Å². The van der Waals surface area contributed by atoms with Crippen LogP contribution < -0.4 is 149 Å². The number of carboxylic acid groups (broad SMARTS) is 4. The molecule has 0 spiro atoms. The number of hydrogen-bond acceptors (Lipinski definition) is 15. The van der Waals surface area contributed by atoms with Gasteiger partial charge in [0, 0.05) is 76.4 Å². The van der Waals surface area contributed by atoms with Crippen LogP contribution in [0.1, 0.15) is 24.2 Å².